The topological polar surface area (TPSA) is 74.6 Å². The molecule has 12 heavy (non-hydrogen) atoms. The van der Waals surface area contributed by atoms with Gasteiger partial charge in [-0.25, -0.2) is 9.59 Å². The molecule has 0 spiro atoms. The van der Waals surface area contributed by atoms with Gasteiger partial charge >= 0.3 is 11.9 Å². The Morgan fingerprint density at radius 2 is 1.58 bits per heavy atom. The maximum absolute atomic E-state index is 10.5. The van der Waals surface area contributed by atoms with Crippen LogP contribution in [0.25, 0.3) is 0 Å². The third-order valence-electron chi connectivity index (χ3n) is 1.26. The van der Waals surface area contributed by atoms with Gasteiger partial charge in [0.15, 0.2) is 0 Å². The highest BCUT2D eigenvalue weighted by molar-refractivity contribution is 5.93. The van der Waals surface area contributed by atoms with Crippen molar-refractivity contribution >= 4 is 11.9 Å². The van der Waals surface area contributed by atoms with E-state index in [2.05, 4.69) is 0 Å². The van der Waals surface area contributed by atoms with Gasteiger partial charge in [0, 0.05) is 0 Å². The van der Waals surface area contributed by atoms with E-state index < -0.39 is 18.0 Å². The maximum Gasteiger partial charge on any atom is 0.335 e. The quantitative estimate of drug-likeness (QED) is 0.691. The van der Waals surface area contributed by atoms with Crippen LogP contribution >= 0.6 is 0 Å². The summed E-state index contributed by atoms with van der Waals surface area (Å²) in [7, 11) is 0. The molecule has 0 aliphatic carbocycles. The fourth-order valence-electron chi connectivity index (χ4n) is 0.718. The Labute approximate surface area is 69.5 Å². The van der Waals surface area contributed by atoms with Crippen molar-refractivity contribution in [3.8, 4) is 0 Å². The summed E-state index contributed by atoms with van der Waals surface area (Å²) in [6, 6.07) is 3.21. The van der Waals surface area contributed by atoms with Gasteiger partial charge in [-0.2, -0.15) is 0 Å². The van der Waals surface area contributed by atoms with Crippen LogP contribution in [0.5, 0.6) is 0 Å². The molecule has 0 fully saturated rings. The zero-order valence-electron chi connectivity index (χ0n) is 6.94. The molecule has 0 heterocycles. The number of rotatable bonds is 2. The molecule has 0 aliphatic heterocycles. The molecular weight excluding hydrogens is 160 g/mol. The lowest BCUT2D eigenvalue weighted by molar-refractivity contribution is 0.0696. The molecule has 1 rings (SSSR count). The average Bonchev–Trinajstić information content (AvgIpc) is 2.03. The van der Waals surface area contributed by atoms with Crippen molar-refractivity contribution in [2.45, 2.75) is 0 Å². The molecule has 2 N–H and O–H groups in total. The third kappa shape index (κ3) is 1.60. The lowest BCUT2D eigenvalue weighted by Crippen LogP contribution is -2.01. The molecule has 0 saturated carbocycles. The lowest BCUT2D eigenvalue weighted by atomic mass is 10.1. The summed E-state index contributed by atoms with van der Waals surface area (Å²) in [6.45, 7) is 0. The molecule has 4 nitrogen and oxygen atoms in total. The van der Waals surface area contributed by atoms with Crippen molar-refractivity contribution in [1.29, 1.82) is 0 Å². The number of benzene rings is 1. The number of carboxylic acids is 2. The first-order chi connectivity index (χ1) is 6.04. The molecule has 62 valence electrons. The number of carboxylic acid groups (broad SMARTS) is 2. The summed E-state index contributed by atoms with van der Waals surface area (Å²) >= 11 is 0. The Kier molecular flexibility index (Phi) is 1.74. The number of carbonyl (C=O) groups is 2. The Hall–Kier alpha value is -1.84. The first kappa shape index (κ1) is 6.84. The smallest absolute Gasteiger partial charge is 0.335 e. The van der Waals surface area contributed by atoms with E-state index >= 15 is 0 Å². The van der Waals surface area contributed by atoms with Gasteiger partial charge in [0.25, 0.3) is 0 Å². The Morgan fingerprint density at radius 1 is 1.17 bits per heavy atom. The second-order valence-electron chi connectivity index (χ2n) is 2.09. The minimum absolute atomic E-state index is 0.306. The largest absolute Gasteiger partial charge is 0.478 e. The van der Waals surface area contributed by atoms with E-state index in [1.54, 1.807) is 0 Å². The standard InChI is InChI=1S/C8H6O4/c9-7(10)5-2-1-3-6(4-5)8(11)12/h1-4H,(H,9,10)(H,11,12)/i4D. The number of hydrogen-bond donors (Lipinski definition) is 2. The molecule has 0 saturated heterocycles. The van der Waals surface area contributed by atoms with Gasteiger partial charge in [-0.3, -0.25) is 0 Å². The lowest BCUT2D eigenvalue weighted by Gasteiger charge is -1.95. The van der Waals surface area contributed by atoms with E-state index in [4.69, 9.17) is 11.6 Å². The second-order valence-corrected chi connectivity index (χ2v) is 2.09. The van der Waals surface area contributed by atoms with Crippen molar-refractivity contribution < 1.29 is 21.2 Å². The van der Waals surface area contributed by atoms with Gasteiger partial charge in [0.2, 0.25) is 0 Å². The number of hydrogen-bond acceptors (Lipinski definition) is 2. The van der Waals surface area contributed by atoms with E-state index in [9.17, 15) is 9.59 Å². The molecule has 0 aliphatic rings. The minimum atomic E-state index is -1.30. The van der Waals surface area contributed by atoms with Gasteiger partial charge in [0.05, 0.1) is 12.5 Å². The molecule has 0 radical (unpaired) electrons. The van der Waals surface area contributed by atoms with Crippen LogP contribution in [0.3, 0.4) is 0 Å². The van der Waals surface area contributed by atoms with Crippen LogP contribution in [-0.4, -0.2) is 22.2 Å². The summed E-state index contributed by atoms with van der Waals surface area (Å²) in [5.74, 6) is -2.60. The average molecular weight is 167 g/mol. The summed E-state index contributed by atoms with van der Waals surface area (Å²) in [6.07, 6.45) is 0. The summed E-state index contributed by atoms with van der Waals surface area (Å²) < 4.78 is 7.25. The van der Waals surface area contributed by atoms with Gasteiger partial charge < -0.3 is 10.2 Å². The monoisotopic (exact) mass is 167 g/mol. The van der Waals surface area contributed by atoms with Crippen molar-refractivity contribution in [2.24, 2.45) is 0 Å². The fraction of sp³-hybridized carbons (Fsp3) is 0. The van der Waals surface area contributed by atoms with Crippen molar-refractivity contribution in [3.63, 3.8) is 0 Å². The SMILES string of the molecule is [2H]c1c(C(=O)O)cccc1C(=O)O. The van der Waals surface area contributed by atoms with Gasteiger partial charge in [0.1, 0.15) is 0 Å². The first-order valence-electron chi connectivity index (χ1n) is 3.60. The molecule has 0 amide bonds. The van der Waals surface area contributed by atoms with E-state index in [1.165, 1.54) is 18.2 Å². The van der Waals surface area contributed by atoms with Crippen LogP contribution < -0.4 is 0 Å². The Balaban J connectivity index is 3.35. The van der Waals surface area contributed by atoms with Crippen LogP contribution in [-0.2, 0) is 0 Å². The molecule has 1 aromatic carbocycles. The van der Waals surface area contributed by atoms with E-state index in [0.717, 1.165) is 0 Å². The predicted molar refractivity (Wildman–Crippen MR) is 40.4 cm³/mol. The van der Waals surface area contributed by atoms with Gasteiger partial charge in [-0.1, -0.05) is 6.07 Å². The minimum Gasteiger partial charge on any atom is -0.478 e. The fourth-order valence-corrected chi connectivity index (χ4v) is 0.718. The van der Waals surface area contributed by atoms with Crippen molar-refractivity contribution in [2.75, 3.05) is 0 Å². The zero-order valence-corrected chi connectivity index (χ0v) is 5.94. The van der Waals surface area contributed by atoms with Crippen LogP contribution in [0.2, 0.25) is 0 Å². The molecule has 0 aromatic heterocycles. The molecule has 4 heteroatoms. The normalized spacial score (nSPS) is 10.5. The van der Waals surface area contributed by atoms with E-state index in [-0.39, 0.29) is 11.1 Å². The third-order valence-corrected chi connectivity index (χ3v) is 1.26. The summed E-state index contributed by atoms with van der Waals surface area (Å²) in [5.41, 5.74) is -0.611. The van der Waals surface area contributed by atoms with Gasteiger partial charge in [-0.15, -0.1) is 0 Å². The molecule has 0 atom stereocenters. The zero-order chi connectivity index (χ0) is 10.0. The Bertz CT molecular complexity index is 340. The molecule has 1 aromatic rings. The van der Waals surface area contributed by atoms with Crippen LogP contribution in [0.4, 0.5) is 0 Å². The number of aromatic carboxylic acids is 2. The molecule has 0 unspecified atom stereocenters. The van der Waals surface area contributed by atoms with Crippen molar-refractivity contribution in [1.82, 2.24) is 0 Å². The van der Waals surface area contributed by atoms with E-state index in [1.807, 2.05) is 0 Å². The highest BCUT2D eigenvalue weighted by Crippen LogP contribution is 2.04. The predicted octanol–water partition coefficient (Wildman–Crippen LogP) is 1.08. The van der Waals surface area contributed by atoms with Crippen LogP contribution in [0.15, 0.2) is 24.2 Å². The first-order valence-corrected chi connectivity index (χ1v) is 3.10. The van der Waals surface area contributed by atoms with Crippen LogP contribution in [0, 0.1) is 0 Å². The second kappa shape index (κ2) is 3.04. The maximum atomic E-state index is 10.5. The summed E-state index contributed by atoms with van der Waals surface area (Å²) in [5, 5.41) is 17.1. The molecular formula is C8H6O4. The van der Waals surface area contributed by atoms with Gasteiger partial charge in [-0.05, 0) is 18.2 Å². The van der Waals surface area contributed by atoms with Crippen LogP contribution in [0.1, 0.15) is 22.1 Å². The Morgan fingerprint density at radius 3 is 1.92 bits per heavy atom. The van der Waals surface area contributed by atoms with E-state index in [0.29, 0.717) is 0 Å². The summed E-state index contributed by atoms with van der Waals surface area (Å²) in [4.78, 5) is 21.0. The molecule has 0 bridgehead atoms. The highest BCUT2D eigenvalue weighted by Gasteiger charge is 2.06. The van der Waals surface area contributed by atoms with Crippen molar-refractivity contribution in [3.05, 3.63) is 35.4 Å². The highest BCUT2D eigenvalue weighted by atomic mass is 16.4.